The summed E-state index contributed by atoms with van der Waals surface area (Å²) in [5.74, 6) is 0.828. The molecule has 18 heavy (non-hydrogen) atoms. The highest BCUT2D eigenvalue weighted by atomic mass is 79.9. The fourth-order valence-electron chi connectivity index (χ4n) is 2.99. The number of nitrogens with one attached hydrogen (secondary N) is 1. The Bertz CT molecular complexity index is 489. The number of benzene rings is 1. The van der Waals surface area contributed by atoms with E-state index in [-0.39, 0.29) is 5.91 Å². The second-order valence-electron chi connectivity index (χ2n) is 5.24. The Morgan fingerprint density at radius 3 is 3.06 bits per heavy atom. The lowest BCUT2D eigenvalue weighted by atomic mass is 10.0. The standard InChI is InChI=1S/C14H17BrN2O/c1-9-2-3-10(6-12(9)15)14(18)17-5-4-11-7-16-8-13(11)17/h2-3,6,11,13,16H,4-5,7-8H2,1H3/t11-,13+/m0/s1. The molecule has 96 valence electrons. The third kappa shape index (κ3) is 1.97. The predicted molar refractivity (Wildman–Crippen MR) is 74.7 cm³/mol. The van der Waals surface area contributed by atoms with Crippen LogP contribution < -0.4 is 5.32 Å². The number of amides is 1. The van der Waals surface area contributed by atoms with Crippen molar-refractivity contribution >= 4 is 21.8 Å². The maximum Gasteiger partial charge on any atom is 0.254 e. The summed E-state index contributed by atoms with van der Waals surface area (Å²) in [7, 11) is 0. The molecule has 1 aromatic carbocycles. The van der Waals surface area contributed by atoms with Crippen LogP contribution in [0, 0.1) is 12.8 Å². The number of likely N-dealkylation sites (tertiary alicyclic amines) is 1. The summed E-state index contributed by atoms with van der Waals surface area (Å²) in [6.07, 6.45) is 1.14. The summed E-state index contributed by atoms with van der Waals surface area (Å²) in [4.78, 5) is 14.6. The molecule has 2 saturated heterocycles. The lowest BCUT2D eigenvalue weighted by molar-refractivity contribution is 0.0737. The maximum absolute atomic E-state index is 12.5. The molecule has 0 aromatic heterocycles. The van der Waals surface area contributed by atoms with Gasteiger partial charge >= 0.3 is 0 Å². The number of hydrogen-bond acceptors (Lipinski definition) is 2. The lowest BCUT2D eigenvalue weighted by Crippen LogP contribution is -2.39. The van der Waals surface area contributed by atoms with Crippen LogP contribution in [0.2, 0.25) is 0 Å². The van der Waals surface area contributed by atoms with Crippen LogP contribution in [0.3, 0.4) is 0 Å². The Kier molecular flexibility index (Phi) is 3.16. The first-order chi connectivity index (χ1) is 8.66. The molecule has 2 atom stereocenters. The molecule has 1 aromatic rings. The van der Waals surface area contributed by atoms with E-state index in [0.717, 1.165) is 41.7 Å². The summed E-state index contributed by atoms with van der Waals surface area (Å²) < 4.78 is 1.01. The van der Waals surface area contributed by atoms with Crippen molar-refractivity contribution in [3.05, 3.63) is 33.8 Å². The van der Waals surface area contributed by atoms with Gasteiger partial charge in [-0.3, -0.25) is 4.79 Å². The van der Waals surface area contributed by atoms with E-state index >= 15 is 0 Å². The average molecular weight is 309 g/mol. The molecule has 2 heterocycles. The minimum atomic E-state index is 0.173. The molecule has 0 spiro atoms. The highest BCUT2D eigenvalue weighted by Gasteiger charge is 2.40. The van der Waals surface area contributed by atoms with Crippen molar-refractivity contribution in [2.24, 2.45) is 5.92 Å². The maximum atomic E-state index is 12.5. The Balaban J connectivity index is 1.84. The fourth-order valence-corrected chi connectivity index (χ4v) is 3.37. The van der Waals surface area contributed by atoms with Gasteiger partial charge in [0.1, 0.15) is 0 Å². The second kappa shape index (κ2) is 4.67. The smallest absolute Gasteiger partial charge is 0.254 e. The van der Waals surface area contributed by atoms with Gasteiger partial charge in [0.05, 0.1) is 0 Å². The monoisotopic (exact) mass is 308 g/mol. The van der Waals surface area contributed by atoms with Crippen molar-refractivity contribution in [2.75, 3.05) is 19.6 Å². The first-order valence-corrected chi connectivity index (χ1v) is 7.24. The zero-order chi connectivity index (χ0) is 12.7. The second-order valence-corrected chi connectivity index (χ2v) is 6.09. The van der Waals surface area contributed by atoms with Gasteiger partial charge in [0, 0.05) is 35.7 Å². The number of carbonyl (C=O) groups excluding carboxylic acids is 1. The SMILES string of the molecule is Cc1ccc(C(=O)N2CC[C@H]3CNC[C@H]32)cc1Br. The number of nitrogens with zero attached hydrogens (tertiary/aromatic N) is 1. The number of rotatable bonds is 1. The minimum Gasteiger partial charge on any atom is -0.334 e. The third-order valence-corrected chi connectivity index (χ3v) is 4.98. The van der Waals surface area contributed by atoms with Gasteiger partial charge in [-0.25, -0.2) is 0 Å². The quantitative estimate of drug-likeness (QED) is 0.862. The molecule has 0 radical (unpaired) electrons. The molecule has 4 heteroatoms. The Morgan fingerprint density at radius 1 is 1.44 bits per heavy atom. The van der Waals surface area contributed by atoms with E-state index in [0.29, 0.717) is 12.0 Å². The van der Waals surface area contributed by atoms with E-state index in [9.17, 15) is 4.79 Å². The molecule has 2 aliphatic heterocycles. The van der Waals surface area contributed by atoms with E-state index in [1.807, 2.05) is 30.0 Å². The third-order valence-electron chi connectivity index (χ3n) is 4.12. The van der Waals surface area contributed by atoms with Crippen LogP contribution in [0.1, 0.15) is 22.3 Å². The number of carbonyl (C=O) groups is 1. The molecule has 0 unspecified atom stereocenters. The van der Waals surface area contributed by atoms with Crippen LogP contribution in [0.15, 0.2) is 22.7 Å². The van der Waals surface area contributed by atoms with Gasteiger partial charge in [-0.15, -0.1) is 0 Å². The van der Waals surface area contributed by atoms with Crippen LogP contribution >= 0.6 is 15.9 Å². The zero-order valence-electron chi connectivity index (χ0n) is 10.4. The van der Waals surface area contributed by atoms with E-state index in [1.54, 1.807) is 0 Å². The van der Waals surface area contributed by atoms with Crippen LogP contribution in [0.25, 0.3) is 0 Å². The van der Waals surface area contributed by atoms with Crippen molar-refractivity contribution in [1.82, 2.24) is 10.2 Å². The lowest BCUT2D eigenvalue weighted by Gasteiger charge is -2.23. The van der Waals surface area contributed by atoms with Gasteiger partial charge in [-0.1, -0.05) is 22.0 Å². The topological polar surface area (TPSA) is 32.3 Å². The van der Waals surface area contributed by atoms with Crippen LogP contribution in [-0.4, -0.2) is 36.5 Å². The van der Waals surface area contributed by atoms with Gasteiger partial charge < -0.3 is 10.2 Å². The summed E-state index contributed by atoms with van der Waals surface area (Å²) in [6, 6.07) is 6.26. The van der Waals surface area contributed by atoms with Gasteiger partial charge in [-0.2, -0.15) is 0 Å². The first kappa shape index (κ1) is 12.2. The first-order valence-electron chi connectivity index (χ1n) is 6.44. The number of fused-ring (bicyclic) bond motifs is 1. The molecule has 3 nitrogen and oxygen atoms in total. The summed E-state index contributed by atoms with van der Waals surface area (Å²) in [5.41, 5.74) is 1.95. The summed E-state index contributed by atoms with van der Waals surface area (Å²) in [6.45, 7) is 4.95. The highest BCUT2D eigenvalue weighted by Crippen LogP contribution is 2.29. The summed E-state index contributed by atoms with van der Waals surface area (Å²) >= 11 is 3.50. The van der Waals surface area contributed by atoms with Gasteiger partial charge in [-0.05, 0) is 37.0 Å². The molecular formula is C14H17BrN2O. The van der Waals surface area contributed by atoms with Gasteiger partial charge in [0.2, 0.25) is 0 Å². The molecule has 0 saturated carbocycles. The fraction of sp³-hybridized carbons (Fsp3) is 0.500. The van der Waals surface area contributed by atoms with E-state index < -0.39 is 0 Å². The van der Waals surface area contributed by atoms with Crippen molar-refractivity contribution < 1.29 is 4.79 Å². The van der Waals surface area contributed by atoms with Gasteiger partial charge in [0.25, 0.3) is 5.91 Å². The highest BCUT2D eigenvalue weighted by molar-refractivity contribution is 9.10. The minimum absolute atomic E-state index is 0.173. The van der Waals surface area contributed by atoms with Crippen LogP contribution in [0.5, 0.6) is 0 Å². The van der Waals surface area contributed by atoms with E-state index in [1.165, 1.54) is 0 Å². The van der Waals surface area contributed by atoms with Crippen molar-refractivity contribution in [2.45, 2.75) is 19.4 Å². The molecule has 1 amide bonds. The van der Waals surface area contributed by atoms with E-state index in [2.05, 4.69) is 21.2 Å². The van der Waals surface area contributed by atoms with Crippen LogP contribution in [-0.2, 0) is 0 Å². The van der Waals surface area contributed by atoms with Crippen molar-refractivity contribution in [1.29, 1.82) is 0 Å². The summed E-state index contributed by atoms with van der Waals surface area (Å²) in [5, 5.41) is 3.38. The number of halogens is 1. The van der Waals surface area contributed by atoms with E-state index in [4.69, 9.17) is 0 Å². The predicted octanol–water partition coefficient (Wildman–Crippen LogP) is 2.19. The molecule has 0 aliphatic carbocycles. The molecule has 0 bridgehead atoms. The molecule has 2 aliphatic rings. The molecule has 1 N–H and O–H groups in total. The molecular weight excluding hydrogens is 292 g/mol. The average Bonchev–Trinajstić information content (AvgIpc) is 2.93. The number of hydrogen-bond donors (Lipinski definition) is 1. The van der Waals surface area contributed by atoms with Crippen molar-refractivity contribution in [3.8, 4) is 0 Å². The Labute approximate surface area is 116 Å². The Hall–Kier alpha value is -0.870. The van der Waals surface area contributed by atoms with Gasteiger partial charge in [0.15, 0.2) is 0 Å². The largest absolute Gasteiger partial charge is 0.334 e. The zero-order valence-corrected chi connectivity index (χ0v) is 12.0. The molecule has 2 fully saturated rings. The van der Waals surface area contributed by atoms with Crippen LogP contribution in [0.4, 0.5) is 0 Å². The normalized spacial score (nSPS) is 26.4. The van der Waals surface area contributed by atoms with Crippen molar-refractivity contribution in [3.63, 3.8) is 0 Å². The molecule has 3 rings (SSSR count). The number of aryl methyl sites for hydroxylation is 1. The Morgan fingerprint density at radius 2 is 2.28 bits per heavy atom.